The minimum absolute atomic E-state index is 0.0701. The zero-order chi connectivity index (χ0) is 27.3. The van der Waals surface area contributed by atoms with E-state index in [9.17, 15) is 9.59 Å². The molecule has 4 aromatic rings. The lowest BCUT2D eigenvalue weighted by Crippen LogP contribution is -2.47. The second-order valence-corrected chi connectivity index (χ2v) is 11.4. The van der Waals surface area contributed by atoms with E-state index in [4.69, 9.17) is 0 Å². The van der Waals surface area contributed by atoms with Crippen LogP contribution >= 0.6 is 11.9 Å². The molecule has 2 fully saturated rings. The molecule has 0 saturated carbocycles. The molecule has 9 heteroatoms. The molecule has 2 aromatic heterocycles. The molecular formula is C31H34N6O2S. The fourth-order valence-corrected chi connectivity index (χ4v) is 6.65. The number of benzene rings is 2. The summed E-state index contributed by atoms with van der Waals surface area (Å²) in [6.45, 7) is 4.70. The van der Waals surface area contributed by atoms with Gasteiger partial charge >= 0.3 is 5.69 Å². The highest BCUT2D eigenvalue weighted by atomic mass is 32.2. The molecule has 4 heterocycles. The van der Waals surface area contributed by atoms with Crippen molar-refractivity contribution in [1.29, 1.82) is 0 Å². The minimum Gasteiger partial charge on any atom is -0.335 e. The van der Waals surface area contributed by atoms with Crippen LogP contribution in [0, 0.1) is 0 Å². The van der Waals surface area contributed by atoms with Gasteiger partial charge in [0.1, 0.15) is 10.7 Å². The maximum atomic E-state index is 14.4. The van der Waals surface area contributed by atoms with Crippen molar-refractivity contribution < 1.29 is 4.79 Å². The van der Waals surface area contributed by atoms with Crippen molar-refractivity contribution in [3.63, 3.8) is 0 Å². The van der Waals surface area contributed by atoms with E-state index in [0.29, 0.717) is 31.9 Å². The molecule has 1 atom stereocenters. The lowest BCUT2D eigenvalue weighted by atomic mass is 10.0. The molecule has 1 unspecified atom stereocenters. The van der Waals surface area contributed by atoms with Crippen LogP contribution < -0.4 is 11.0 Å². The van der Waals surface area contributed by atoms with Gasteiger partial charge in [0.2, 0.25) is 0 Å². The van der Waals surface area contributed by atoms with Gasteiger partial charge in [-0.3, -0.25) is 13.9 Å². The normalized spacial score (nSPS) is 18.1. The first-order valence-corrected chi connectivity index (χ1v) is 14.7. The van der Waals surface area contributed by atoms with Gasteiger partial charge in [0.25, 0.3) is 5.91 Å². The van der Waals surface area contributed by atoms with Gasteiger partial charge in [-0.25, -0.2) is 14.1 Å². The number of hydrogen-bond acceptors (Lipinski definition) is 6. The van der Waals surface area contributed by atoms with Crippen LogP contribution in [0.2, 0.25) is 0 Å². The second kappa shape index (κ2) is 12.2. The number of rotatable bonds is 7. The standard InChI is InChI=1S/C31H34N6O2S/c38-30(34-20-17-32-18-21-34)29-28(25-12-5-2-6-13-25)37(31(39)36(29)22-24-10-3-1-4-11-24)26-14-9-19-35(23-26)40-27-15-7-8-16-33-27/h1-8,10-13,15-16,26,32H,9,14,17-23H2. The summed E-state index contributed by atoms with van der Waals surface area (Å²) in [6.07, 6.45) is 3.63. The maximum absolute atomic E-state index is 14.4. The Bertz CT molecular complexity index is 1480. The molecule has 2 saturated heterocycles. The first-order chi connectivity index (χ1) is 19.7. The molecule has 6 rings (SSSR count). The summed E-state index contributed by atoms with van der Waals surface area (Å²) in [7, 11) is 0. The van der Waals surface area contributed by atoms with Crippen LogP contribution in [0.15, 0.2) is 94.9 Å². The van der Waals surface area contributed by atoms with E-state index in [1.807, 2.05) is 88.3 Å². The molecule has 0 radical (unpaired) electrons. The molecular weight excluding hydrogens is 520 g/mol. The van der Waals surface area contributed by atoms with E-state index in [2.05, 4.69) is 14.6 Å². The van der Waals surface area contributed by atoms with Crippen LogP contribution in [0.4, 0.5) is 0 Å². The smallest absolute Gasteiger partial charge is 0.329 e. The SMILES string of the molecule is O=C(c1c(-c2ccccc2)n(C2CCCN(Sc3ccccn3)C2)c(=O)n1Cc1ccccc1)N1CCNCC1. The molecule has 0 spiro atoms. The predicted molar refractivity (Wildman–Crippen MR) is 158 cm³/mol. The molecule has 2 aliphatic heterocycles. The largest absolute Gasteiger partial charge is 0.335 e. The van der Waals surface area contributed by atoms with Crippen molar-refractivity contribution in [2.75, 3.05) is 39.3 Å². The van der Waals surface area contributed by atoms with Gasteiger partial charge < -0.3 is 10.2 Å². The first-order valence-electron chi connectivity index (χ1n) is 14.0. The van der Waals surface area contributed by atoms with Gasteiger partial charge in [-0.15, -0.1) is 0 Å². The topological polar surface area (TPSA) is 75.4 Å². The van der Waals surface area contributed by atoms with E-state index in [-0.39, 0.29) is 17.6 Å². The molecule has 206 valence electrons. The Morgan fingerprint density at radius 1 is 0.925 bits per heavy atom. The number of nitrogens with one attached hydrogen (secondary N) is 1. The molecule has 1 N–H and O–H groups in total. The molecule has 1 amide bonds. The van der Waals surface area contributed by atoms with E-state index in [0.717, 1.165) is 54.3 Å². The van der Waals surface area contributed by atoms with E-state index >= 15 is 0 Å². The van der Waals surface area contributed by atoms with Crippen molar-refractivity contribution in [3.05, 3.63) is 107 Å². The van der Waals surface area contributed by atoms with E-state index in [1.54, 1.807) is 22.7 Å². The Kier molecular flexibility index (Phi) is 8.13. The minimum atomic E-state index is -0.129. The summed E-state index contributed by atoms with van der Waals surface area (Å²) in [5.41, 5.74) is 2.96. The molecule has 40 heavy (non-hydrogen) atoms. The summed E-state index contributed by atoms with van der Waals surface area (Å²) >= 11 is 1.63. The molecule has 0 aliphatic carbocycles. The van der Waals surface area contributed by atoms with Crippen LogP contribution in [0.5, 0.6) is 0 Å². The number of imidazole rings is 1. The van der Waals surface area contributed by atoms with Crippen molar-refractivity contribution in [2.45, 2.75) is 30.5 Å². The van der Waals surface area contributed by atoms with Crippen LogP contribution in [-0.4, -0.2) is 68.5 Å². The highest BCUT2D eigenvalue weighted by molar-refractivity contribution is 7.97. The van der Waals surface area contributed by atoms with Crippen LogP contribution in [0.25, 0.3) is 11.3 Å². The van der Waals surface area contributed by atoms with Gasteiger partial charge in [-0.2, -0.15) is 0 Å². The van der Waals surface area contributed by atoms with Crippen LogP contribution in [0.3, 0.4) is 0 Å². The summed E-state index contributed by atoms with van der Waals surface area (Å²) in [6, 6.07) is 25.7. The quantitative estimate of drug-likeness (QED) is 0.346. The fraction of sp³-hybridized carbons (Fsp3) is 0.323. The number of nitrogens with zero attached hydrogens (tertiary/aromatic N) is 5. The van der Waals surface area contributed by atoms with Crippen molar-refractivity contribution >= 4 is 17.9 Å². The van der Waals surface area contributed by atoms with Gasteiger partial charge in [0.05, 0.1) is 18.3 Å². The third-order valence-electron chi connectivity index (χ3n) is 7.59. The Morgan fingerprint density at radius 2 is 1.65 bits per heavy atom. The highest BCUT2D eigenvalue weighted by Gasteiger charge is 2.34. The number of amides is 1. The number of carbonyl (C=O) groups excluding carboxylic acids is 1. The molecule has 2 aliphatic rings. The summed E-state index contributed by atoms with van der Waals surface area (Å²) in [4.78, 5) is 35.1. The van der Waals surface area contributed by atoms with Gasteiger partial charge in [0, 0.05) is 51.0 Å². The number of piperidine rings is 1. The van der Waals surface area contributed by atoms with Crippen molar-refractivity contribution in [2.24, 2.45) is 0 Å². The zero-order valence-electron chi connectivity index (χ0n) is 22.5. The zero-order valence-corrected chi connectivity index (χ0v) is 23.3. The average molecular weight is 555 g/mol. The van der Waals surface area contributed by atoms with Gasteiger partial charge in [-0.1, -0.05) is 66.7 Å². The molecule has 8 nitrogen and oxygen atoms in total. The van der Waals surface area contributed by atoms with Crippen LogP contribution in [-0.2, 0) is 6.54 Å². The monoisotopic (exact) mass is 554 g/mol. The van der Waals surface area contributed by atoms with Gasteiger partial charge in [0.15, 0.2) is 0 Å². The Hall–Kier alpha value is -3.66. The van der Waals surface area contributed by atoms with Crippen LogP contribution in [0.1, 0.15) is 34.9 Å². The number of pyridine rings is 1. The lowest BCUT2D eigenvalue weighted by molar-refractivity contribution is 0.0725. The average Bonchev–Trinajstić information content (AvgIpc) is 3.30. The third-order valence-corrected chi connectivity index (χ3v) is 8.61. The number of aromatic nitrogens is 3. The van der Waals surface area contributed by atoms with E-state index in [1.165, 1.54) is 0 Å². The third kappa shape index (κ3) is 5.63. The Labute approximate surface area is 238 Å². The van der Waals surface area contributed by atoms with Crippen molar-refractivity contribution in [3.8, 4) is 11.3 Å². The second-order valence-electron chi connectivity index (χ2n) is 10.3. The van der Waals surface area contributed by atoms with Gasteiger partial charge in [-0.05, 0) is 42.5 Å². The Morgan fingerprint density at radius 3 is 2.38 bits per heavy atom. The molecule has 2 aromatic carbocycles. The molecule has 0 bridgehead atoms. The highest BCUT2D eigenvalue weighted by Crippen LogP contribution is 2.34. The predicted octanol–water partition coefficient (Wildman–Crippen LogP) is 4.15. The fourth-order valence-electron chi connectivity index (χ4n) is 5.67. The number of piperazine rings is 1. The maximum Gasteiger partial charge on any atom is 0.329 e. The summed E-state index contributed by atoms with van der Waals surface area (Å²) in [5.74, 6) is -0.0809. The summed E-state index contributed by atoms with van der Waals surface area (Å²) < 4.78 is 5.93. The lowest BCUT2D eigenvalue weighted by Gasteiger charge is -2.32. The number of hydrogen-bond donors (Lipinski definition) is 1. The van der Waals surface area contributed by atoms with E-state index < -0.39 is 0 Å². The summed E-state index contributed by atoms with van der Waals surface area (Å²) in [5, 5.41) is 4.27. The number of carbonyl (C=O) groups is 1. The first kappa shape index (κ1) is 26.6. The van der Waals surface area contributed by atoms with Crippen molar-refractivity contribution in [1.82, 2.24) is 28.6 Å². The Balaban J connectivity index is 1.47.